The minimum Gasteiger partial charge on any atom is -0.507 e. The molecule has 1 aromatic carbocycles. The Balaban J connectivity index is 3.32. The van der Waals surface area contributed by atoms with Crippen molar-refractivity contribution in [2.24, 2.45) is 4.99 Å². The number of isocyanates is 1. The summed E-state index contributed by atoms with van der Waals surface area (Å²) in [6.07, 6.45) is 1.49. The molecule has 0 aliphatic carbocycles. The van der Waals surface area contributed by atoms with E-state index in [0.29, 0.717) is 5.56 Å². The van der Waals surface area contributed by atoms with Gasteiger partial charge in [0.05, 0.1) is 6.54 Å². The summed E-state index contributed by atoms with van der Waals surface area (Å²) in [4.78, 5) is 13.6. The van der Waals surface area contributed by atoms with Gasteiger partial charge in [0.1, 0.15) is 5.75 Å². The summed E-state index contributed by atoms with van der Waals surface area (Å²) in [6.45, 7) is 8.17. The first-order chi connectivity index (χ1) is 7.38. The van der Waals surface area contributed by atoms with E-state index in [-0.39, 0.29) is 17.7 Å². The number of aliphatic imine (C=N–C) groups is 1. The molecular formula is C13H17NO2. The van der Waals surface area contributed by atoms with Crippen molar-refractivity contribution in [3.05, 3.63) is 28.8 Å². The highest BCUT2D eigenvalue weighted by molar-refractivity contribution is 5.48. The number of hydrogen-bond donors (Lipinski definition) is 1. The standard InChI is InChI=1S/C13H17NO2/c1-9-5-6-11(13(2,3)4)12(16)10(9)7-14-8-15/h5-6,16H,7H2,1-4H3. The fraction of sp³-hybridized carbons (Fsp3) is 0.462. The van der Waals surface area contributed by atoms with Crippen LogP contribution >= 0.6 is 0 Å². The number of nitrogens with zero attached hydrogens (tertiary/aromatic N) is 1. The summed E-state index contributed by atoms with van der Waals surface area (Å²) in [7, 11) is 0. The third kappa shape index (κ3) is 2.50. The van der Waals surface area contributed by atoms with Gasteiger partial charge >= 0.3 is 0 Å². The van der Waals surface area contributed by atoms with Crippen molar-refractivity contribution in [2.75, 3.05) is 0 Å². The monoisotopic (exact) mass is 219 g/mol. The molecule has 1 rings (SSSR count). The highest BCUT2D eigenvalue weighted by Crippen LogP contribution is 2.34. The highest BCUT2D eigenvalue weighted by Gasteiger charge is 2.20. The van der Waals surface area contributed by atoms with Crippen LogP contribution in [0.4, 0.5) is 0 Å². The lowest BCUT2D eigenvalue weighted by Crippen LogP contribution is -2.12. The lowest BCUT2D eigenvalue weighted by Gasteiger charge is -2.22. The predicted octanol–water partition coefficient (Wildman–Crippen LogP) is 2.83. The topological polar surface area (TPSA) is 49.7 Å². The Morgan fingerprint density at radius 1 is 1.38 bits per heavy atom. The van der Waals surface area contributed by atoms with E-state index in [2.05, 4.69) is 4.99 Å². The SMILES string of the molecule is Cc1ccc(C(C)(C)C)c(O)c1CN=C=O. The third-order valence-corrected chi connectivity index (χ3v) is 2.63. The zero-order valence-electron chi connectivity index (χ0n) is 10.2. The number of benzene rings is 1. The summed E-state index contributed by atoms with van der Waals surface area (Å²) in [5, 5.41) is 10.1. The van der Waals surface area contributed by atoms with Crippen molar-refractivity contribution in [1.29, 1.82) is 0 Å². The minimum absolute atomic E-state index is 0.128. The van der Waals surface area contributed by atoms with E-state index in [1.807, 2.05) is 39.8 Å². The first-order valence-electron chi connectivity index (χ1n) is 5.23. The Morgan fingerprint density at radius 3 is 2.50 bits per heavy atom. The van der Waals surface area contributed by atoms with Crippen LogP contribution in [0.25, 0.3) is 0 Å². The van der Waals surface area contributed by atoms with Gasteiger partial charge in [-0.25, -0.2) is 9.79 Å². The van der Waals surface area contributed by atoms with Crippen LogP contribution in [0.15, 0.2) is 17.1 Å². The first-order valence-corrected chi connectivity index (χ1v) is 5.23. The van der Waals surface area contributed by atoms with Gasteiger partial charge in [-0.3, -0.25) is 0 Å². The summed E-state index contributed by atoms with van der Waals surface area (Å²) < 4.78 is 0. The normalized spacial score (nSPS) is 11.0. The Labute approximate surface area is 95.8 Å². The Bertz CT molecular complexity index is 438. The van der Waals surface area contributed by atoms with Crippen molar-refractivity contribution in [1.82, 2.24) is 0 Å². The smallest absolute Gasteiger partial charge is 0.235 e. The molecule has 0 fully saturated rings. The van der Waals surface area contributed by atoms with Crippen LogP contribution in [0, 0.1) is 6.92 Å². The zero-order valence-corrected chi connectivity index (χ0v) is 10.2. The quantitative estimate of drug-likeness (QED) is 0.614. The number of carbonyl (C=O) groups excluding carboxylic acids is 1. The average molecular weight is 219 g/mol. The lowest BCUT2D eigenvalue weighted by atomic mass is 9.84. The van der Waals surface area contributed by atoms with Gasteiger partial charge < -0.3 is 5.11 Å². The molecule has 86 valence electrons. The Hall–Kier alpha value is -1.60. The van der Waals surface area contributed by atoms with Gasteiger partial charge in [0, 0.05) is 5.56 Å². The molecule has 0 unspecified atom stereocenters. The van der Waals surface area contributed by atoms with Gasteiger partial charge in [-0.15, -0.1) is 0 Å². The Kier molecular flexibility index (Phi) is 3.51. The van der Waals surface area contributed by atoms with Gasteiger partial charge in [0.25, 0.3) is 0 Å². The second-order valence-electron chi connectivity index (χ2n) is 4.91. The van der Waals surface area contributed by atoms with Gasteiger partial charge in [-0.2, -0.15) is 0 Å². The fourth-order valence-corrected chi connectivity index (χ4v) is 1.65. The maximum Gasteiger partial charge on any atom is 0.235 e. The van der Waals surface area contributed by atoms with Gasteiger partial charge in [-0.05, 0) is 23.5 Å². The molecule has 0 radical (unpaired) electrons. The van der Waals surface area contributed by atoms with Crippen LogP contribution < -0.4 is 0 Å². The maximum absolute atomic E-state index is 10.1. The molecule has 1 N–H and O–H groups in total. The molecule has 0 aliphatic rings. The number of hydrogen-bond acceptors (Lipinski definition) is 3. The van der Waals surface area contributed by atoms with E-state index in [9.17, 15) is 9.90 Å². The van der Waals surface area contributed by atoms with Gasteiger partial charge in [0.15, 0.2) is 0 Å². The number of phenols is 1. The summed E-state index contributed by atoms with van der Waals surface area (Å²) in [6, 6.07) is 3.86. The summed E-state index contributed by atoms with van der Waals surface area (Å²) >= 11 is 0. The van der Waals surface area contributed by atoms with E-state index in [1.165, 1.54) is 6.08 Å². The van der Waals surface area contributed by atoms with Crippen molar-refractivity contribution in [2.45, 2.75) is 39.7 Å². The first kappa shape index (κ1) is 12.5. The van der Waals surface area contributed by atoms with E-state index >= 15 is 0 Å². The molecule has 0 saturated carbocycles. The molecule has 0 saturated heterocycles. The van der Waals surface area contributed by atoms with E-state index in [0.717, 1.165) is 11.1 Å². The minimum atomic E-state index is -0.128. The van der Waals surface area contributed by atoms with Crippen LogP contribution in [-0.4, -0.2) is 11.2 Å². The zero-order chi connectivity index (χ0) is 12.3. The van der Waals surface area contributed by atoms with Gasteiger partial charge in [-0.1, -0.05) is 32.9 Å². The maximum atomic E-state index is 10.1. The van der Waals surface area contributed by atoms with Crippen LogP contribution in [0.3, 0.4) is 0 Å². The second kappa shape index (κ2) is 4.50. The third-order valence-electron chi connectivity index (χ3n) is 2.63. The van der Waals surface area contributed by atoms with Crippen LogP contribution in [0.5, 0.6) is 5.75 Å². The molecule has 3 nitrogen and oxygen atoms in total. The lowest BCUT2D eigenvalue weighted by molar-refractivity contribution is 0.440. The molecule has 0 spiro atoms. The second-order valence-corrected chi connectivity index (χ2v) is 4.91. The number of rotatable bonds is 2. The van der Waals surface area contributed by atoms with Crippen LogP contribution in [0.1, 0.15) is 37.5 Å². The molecule has 0 heterocycles. The molecule has 3 heteroatoms. The van der Waals surface area contributed by atoms with Crippen molar-refractivity contribution >= 4 is 6.08 Å². The van der Waals surface area contributed by atoms with Gasteiger partial charge in [0.2, 0.25) is 6.08 Å². The molecule has 1 aromatic rings. The van der Waals surface area contributed by atoms with E-state index < -0.39 is 0 Å². The van der Waals surface area contributed by atoms with Crippen LogP contribution in [0.2, 0.25) is 0 Å². The Morgan fingerprint density at radius 2 is 2.00 bits per heavy atom. The predicted molar refractivity (Wildman–Crippen MR) is 63.4 cm³/mol. The highest BCUT2D eigenvalue weighted by atomic mass is 16.3. The number of aryl methyl sites for hydroxylation is 1. The van der Waals surface area contributed by atoms with Crippen molar-refractivity contribution in [3.8, 4) is 5.75 Å². The summed E-state index contributed by atoms with van der Waals surface area (Å²) in [5.41, 5.74) is 2.38. The van der Waals surface area contributed by atoms with Crippen molar-refractivity contribution in [3.63, 3.8) is 0 Å². The molecule has 0 atom stereocenters. The van der Waals surface area contributed by atoms with E-state index in [4.69, 9.17) is 0 Å². The molecule has 16 heavy (non-hydrogen) atoms. The number of phenolic OH excluding ortho intramolecular Hbond substituents is 1. The molecule has 0 aliphatic heterocycles. The van der Waals surface area contributed by atoms with Crippen molar-refractivity contribution < 1.29 is 9.90 Å². The fourth-order valence-electron chi connectivity index (χ4n) is 1.65. The molecule has 0 bridgehead atoms. The van der Waals surface area contributed by atoms with E-state index in [1.54, 1.807) is 0 Å². The number of aromatic hydroxyl groups is 1. The molecule has 0 aromatic heterocycles. The molecular weight excluding hydrogens is 202 g/mol. The average Bonchev–Trinajstić information content (AvgIpc) is 2.15. The summed E-state index contributed by atoms with van der Waals surface area (Å²) in [5.74, 6) is 0.242. The van der Waals surface area contributed by atoms with Crippen LogP contribution in [-0.2, 0) is 16.8 Å². The molecule has 0 amide bonds. The largest absolute Gasteiger partial charge is 0.507 e.